The molecule has 0 fully saturated rings. The van der Waals surface area contributed by atoms with E-state index in [4.69, 9.17) is 0 Å². The molecule has 13 aromatic rings. The summed E-state index contributed by atoms with van der Waals surface area (Å²) in [5.41, 5.74) is 21.8. The molecule has 0 bridgehead atoms. The monoisotopic (exact) mass is 1060 g/mol. The van der Waals surface area contributed by atoms with E-state index >= 15 is 0 Å². The van der Waals surface area contributed by atoms with E-state index in [9.17, 15) is 0 Å². The molecule has 0 amide bonds. The van der Waals surface area contributed by atoms with Gasteiger partial charge in [-0.25, -0.2) is 0 Å². The number of hydrogen-bond acceptors (Lipinski definition) is 1. The second kappa shape index (κ2) is 19.5. The molecular weight excluding hydrogens is 989 g/mol. The predicted molar refractivity (Wildman–Crippen MR) is 356 cm³/mol. The van der Waals surface area contributed by atoms with Crippen LogP contribution in [0.5, 0.6) is 0 Å². The zero-order valence-electron chi connectivity index (χ0n) is 49.8. The fourth-order valence-electron chi connectivity index (χ4n) is 12.6. The van der Waals surface area contributed by atoms with Gasteiger partial charge >= 0.3 is 0 Å². The van der Waals surface area contributed by atoms with Crippen LogP contribution in [0.1, 0.15) is 105 Å². The van der Waals surface area contributed by atoms with Gasteiger partial charge in [0.25, 0.3) is 0 Å². The van der Waals surface area contributed by atoms with Crippen LogP contribution in [0.15, 0.2) is 231 Å². The third kappa shape index (κ3) is 9.33. The van der Waals surface area contributed by atoms with Crippen LogP contribution in [0.4, 0.5) is 17.1 Å². The summed E-state index contributed by atoms with van der Waals surface area (Å²) in [5, 5.41) is 9.99. The lowest BCUT2D eigenvalue weighted by molar-refractivity contribution is 0.569. The van der Waals surface area contributed by atoms with Crippen molar-refractivity contribution in [3.63, 3.8) is 0 Å². The molecule has 13 rings (SSSR count). The molecule has 12 aromatic carbocycles. The Kier molecular flexibility index (Phi) is 12.5. The Morgan fingerprint density at radius 1 is 0.280 bits per heavy atom. The van der Waals surface area contributed by atoms with Crippen molar-refractivity contribution < 1.29 is 0 Å². The van der Waals surface area contributed by atoms with Gasteiger partial charge in [-0.3, -0.25) is 0 Å². The number of anilines is 3. The molecule has 0 atom stereocenters. The number of fused-ring (bicyclic) bond motifs is 3. The van der Waals surface area contributed by atoms with Gasteiger partial charge in [-0.2, -0.15) is 0 Å². The quantitative estimate of drug-likeness (QED) is 0.138. The van der Waals surface area contributed by atoms with Gasteiger partial charge in [-0.05, 0) is 165 Å². The minimum atomic E-state index is -0.149. The first kappa shape index (κ1) is 52.6. The van der Waals surface area contributed by atoms with E-state index < -0.39 is 0 Å². The van der Waals surface area contributed by atoms with Gasteiger partial charge < -0.3 is 9.47 Å². The molecule has 0 N–H and O–H groups in total. The lowest BCUT2D eigenvalue weighted by atomic mass is 9.78. The summed E-state index contributed by atoms with van der Waals surface area (Å²) >= 11 is 0. The Morgan fingerprint density at radius 2 is 0.720 bits per heavy atom. The summed E-state index contributed by atoms with van der Waals surface area (Å²) in [6.07, 6.45) is 0. The van der Waals surface area contributed by atoms with Gasteiger partial charge in [0.05, 0.1) is 22.4 Å². The maximum absolute atomic E-state index is 2.54. The summed E-state index contributed by atoms with van der Waals surface area (Å²) < 4.78 is 2.48. The summed E-state index contributed by atoms with van der Waals surface area (Å²) in [6, 6.07) is 87.5. The molecular formula is C80H74N2. The van der Waals surface area contributed by atoms with Crippen molar-refractivity contribution >= 4 is 71.2 Å². The molecule has 1 aromatic heterocycles. The first-order chi connectivity index (χ1) is 39.2. The number of para-hydroxylation sites is 2. The number of rotatable bonds is 8. The molecule has 0 unspecified atom stereocenters. The molecule has 404 valence electrons. The van der Waals surface area contributed by atoms with Crippen LogP contribution < -0.4 is 4.90 Å². The molecule has 2 nitrogen and oxygen atoms in total. The Bertz CT molecular complexity index is 4490. The van der Waals surface area contributed by atoms with Crippen LogP contribution in [0.25, 0.3) is 104 Å². The molecule has 2 heteroatoms. The summed E-state index contributed by atoms with van der Waals surface area (Å²) in [6.45, 7) is 28.0. The molecule has 0 radical (unpaired) electrons. The number of nitrogens with zero attached hydrogens (tertiary/aromatic N) is 2. The Hall–Kier alpha value is -8.72. The van der Waals surface area contributed by atoms with Crippen LogP contribution in [-0.2, 0) is 21.7 Å². The lowest BCUT2D eigenvalue weighted by Gasteiger charge is -2.31. The average molecular weight is 1060 g/mol. The highest BCUT2D eigenvalue weighted by Gasteiger charge is 2.27. The highest BCUT2D eigenvalue weighted by Crippen LogP contribution is 2.49. The number of hydrogen-bond donors (Lipinski definition) is 0. The third-order valence-electron chi connectivity index (χ3n) is 17.3. The van der Waals surface area contributed by atoms with Crippen LogP contribution in [0.2, 0.25) is 0 Å². The SMILES string of the molecule is CC(C)(C)c1cc(-c2ccc(N(c3cc(-c4ccccc4-c4ccccc4)cc(C(C)(C)C)c3)c3ccc4ccc5c(-n6c7ccccc7c7ccccc76)ccc6ccc3c4c65)cc2)cc(-c2cc(C(C)(C)C)cc(C(C)(C)C)c2)c1. The fraction of sp³-hybridized carbons (Fsp3) is 0.200. The maximum Gasteiger partial charge on any atom is 0.0541 e. The molecule has 0 spiro atoms. The van der Waals surface area contributed by atoms with E-state index in [2.05, 4.69) is 323 Å². The summed E-state index contributed by atoms with van der Waals surface area (Å²) in [5.74, 6) is 0. The summed E-state index contributed by atoms with van der Waals surface area (Å²) in [7, 11) is 0. The van der Waals surface area contributed by atoms with Crippen LogP contribution >= 0.6 is 0 Å². The second-order valence-corrected chi connectivity index (χ2v) is 27.1. The molecule has 0 saturated heterocycles. The molecule has 0 saturated carbocycles. The normalized spacial score (nSPS) is 12.6. The van der Waals surface area contributed by atoms with Crippen LogP contribution in [-0.4, -0.2) is 4.57 Å². The van der Waals surface area contributed by atoms with Crippen molar-refractivity contribution in [2.75, 3.05) is 4.90 Å². The molecule has 82 heavy (non-hydrogen) atoms. The van der Waals surface area contributed by atoms with Crippen molar-refractivity contribution in [1.82, 2.24) is 4.57 Å². The highest BCUT2D eigenvalue weighted by atomic mass is 15.1. The fourth-order valence-corrected chi connectivity index (χ4v) is 12.6. The summed E-state index contributed by atoms with van der Waals surface area (Å²) in [4.78, 5) is 2.54. The van der Waals surface area contributed by atoms with Gasteiger partial charge in [0.1, 0.15) is 0 Å². The zero-order valence-corrected chi connectivity index (χ0v) is 49.8. The van der Waals surface area contributed by atoms with Crippen molar-refractivity contribution in [1.29, 1.82) is 0 Å². The Morgan fingerprint density at radius 3 is 1.30 bits per heavy atom. The Balaban J connectivity index is 1.04. The lowest BCUT2D eigenvalue weighted by Crippen LogP contribution is -2.16. The highest BCUT2D eigenvalue weighted by molar-refractivity contribution is 6.27. The van der Waals surface area contributed by atoms with Crippen LogP contribution in [0, 0.1) is 0 Å². The molecule has 1 heterocycles. The van der Waals surface area contributed by atoms with E-state index in [1.807, 2.05) is 0 Å². The number of benzene rings is 12. The smallest absolute Gasteiger partial charge is 0.0541 e. The standard InChI is InChI=1S/C80H74N2/c1-77(2,3)59-43-55(42-56(44-59)57-45-60(78(4,5)6)49-61(46-57)79(7,8)9)51-30-36-63(37-31-51)81(64-48-58(47-62(50-64)80(10,11)12)66-25-17-16-24-65(66)52-22-14-13-15-23-52)73-40-34-53-33-39-70-74(41-35-54-32-38-69(73)75(53)76(54)70)82-71-28-20-18-26-67(71)68-27-19-21-29-72(68)82/h13-50H,1-12H3. The van der Waals surface area contributed by atoms with Gasteiger partial charge in [-0.1, -0.05) is 259 Å². The van der Waals surface area contributed by atoms with Gasteiger partial charge in [-0.15, -0.1) is 0 Å². The zero-order chi connectivity index (χ0) is 57.0. The van der Waals surface area contributed by atoms with Crippen molar-refractivity contribution in [2.24, 2.45) is 0 Å². The van der Waals surface area contributed by atoms with Gasteiger partial charge in [0, 0.05) is 32.9 Å². The van der Waals surface area contributed by atoms with E-state index in [1.165, 1.54) is 127 Å². The minimum Gasteiger partial charge on any atom is -0.310 e. The van der Waals surface area contributed by atoms with Gasteiger partial charge in [0.15, 0.2) is 0 Å². The number of aromatic nitrogens is 1. The largest absolute Gasteiger partial charge is 0.310 e. The topological polar surface area (TPSA) is 8.17 Å². The van der Waals surface area contributed by atoms with E-state index in [0.717, 1.165) is 17.1 Å². The third-order valence-corrected chi connectivity index (χ3v) is 17.3. The maximum atomic E-state index is 2.54. The first-order valence-electron chi connectivity index (χ1n) is 29.4. The molecule has 0 aliphatic heterocycles. The van der Waals surface area contributed by atoms with Crippen molar-refractivity contribution in [2.45, 2.75) is 105 Å². The molecule has 0 aliphatic carbocycles. The van der Waals surface area contributed by atoms with Crippen LogP contribution in [0.3, 0.4) is 0 Å². The van der Waals surface area contributed by atoms with E-state index in [-0.39, 0.29) is 21.7 Å². The second-order valence-electron chi connectivity index (χ2n) is 27.1. The van der Waals surface area contributed by atoms with Crippen molar-refractivity contribution in [3.05, 3.63) is 253 Å². The first-order valence-corrected chi connectivity index (χ1v) is 29.4. The minimum absolute atomic E-state index is 0.00569. The predicted octanol–water partition coefficient (Wildman–Crippen LogP) is 23.0. The van der Waals surface area contributed by atoms with E-state index in [0.29, 0.717) is 0 Å². The van der Waals surface area contributed by atoms with E-state index in [1.54, 1.807) is 0 Å². The van der Waals surface area contributed by atoms with Gasteiger partial charge in [0.2, 0.25) is 0 Å². The average Bonchev–Trinajstić information content (AvgIpc) is 1.98. The molecule has 0 aliphatic rings. The Labute approximate surface area is 485 Å². The van der Waals surface area contributed by atoms with Crippen molar-refractivity contribution in [3.8, 4) is 50.2 Å².